The lowest BCUT2D eigenvalue weighted by molar-refractivity contribution is 0.479. The lowest BCUT2D eigenvalue weighted by Gasteiger charge is -2.35. The van der Waals surface area contributed by atoms with E-state index >= 15 is 0 Å². The first-order valence-electron chi connectivity index (χ1n) is 16.7. The van der Waals surface area contributed by atoms with Gasteiger partial charge in [0.05, 0.1) is 29.1 Å². The molecule has 0 saturated heterocycles. The van der Waals surface area contributed by atoms with Crippen molar-refractivity contribution in [3.63, 3.8) is 0 Å². The predicted molar refractivity (Wildman–Crippen MR) is 196 cm³/mol. The van der Waals surface area contributed by atoms with Crippen LogP contribution in [0.5, 0.6) is 11.5 Å². The molecule has 8 rings (SSSR count). The number of pyridine rings is 1. The molecule has 0 bridgehead atoms. The van der Waals surface area contributed by atoms with Gasteiger partial charge in [0.15, 0.2) is 0 Å². The number of ether oxygens (including phenoxy) is 1. The minimum atomic E-state index is -0.182. The molecule has 238 valence electrons. The molecule has 2 aliphatic heterocycles. The molecule has 5 heteroatoms. The van der Waals surface area contributed by atoms with Crippen LogP contribution in [-0.4, -0.2) is 23.3 Å². The van der Waals surface area contributed by atoms with Crippen LogP contribution in [0.15, 0.2) is 91.1 Å². The summed E-state index contributed by atoms with van der Waals surface area (Å²) in [7, 11) is 2.15. The van der Waals surface area contributed by atoms with Crippen molar-refractivity contribution in [3.8, 4) is 17.3 Å². The molecule has 4 aromatic carbocycles. The summed E-state index contributed by atoms with van der Waals surface area (Å²) in [6, 6.07) is 31.0. The van der Waals surface area contributed by atoms with Crippen LogP contribution in [0.4, 0.5) is 17.1 Å². The first-order valence-corrected chi connectivity index (χ1v) is 16.7. The van der Waals surface area contributed by atoms with Crippen molar-refractivity contribution < 1.29 is 4.74 Å². The maximum atomic E-state index is 6.81. The first-order chi connectivity index (χ1) is 22.2. The fourth-order valence-corrected chi connectivity index (χ4v) is 7.49. The summed E-state index contributed by atoms with van der Waals surface area (Å²) in [6.07, 6.45) is 1.91. The van der Waals surface area contributed by atoms with Gasteiger partial charge in [-0.1, -0.05) is 79.7 Å². The summed E-state index contributed by atoms with van der Waals surface area (Å²) < 4.78 is 9.18. The maximum Gasteiger partial charge on any atom is 0.141 e. The number of para-hydroxylation sites is 2. The molecular weight excluding hydrogens is 576 g/mol. The van der Waals surface area contributed by atoms with Crippen molar-refractivity contribution in [2.75, 3.05) is 23.5 Å². The molecule has 0 spiro atoms. The van der Waals surface area contributed by atoms with Crippen LogP contribution in [0, 0.1) is 0 Å². The number of benzene rings is 4. The highest BCUT2D eigenvalue weighted by molar-refractivity contribution is 6.12. The summed E-state index contributed by atoms with van der Waals surface area (Å²) in [5, 5.41) is 2.49. The Labute approximate surface area is 278 Å². The van der Waals surface area contributed by atoms with Gasteiger partial charge < -0.3 is 14.5 Å². The molecule has 4 heterocycles. The molecule has 47 heavy (non-hydrogen) atoms. The quantitative estimate of drug-likeness (QED) is 0.197. The Bertz CT molecular complexity index is 2230. The monoisotopic (exact) mass is 620 g/mol. The molecule has 2 aromatic heterocycles. The third kappa shape index (κ3) is 4.54. The smallest absolute Gasteiger partial charge is 0.141 e. The lowest BCUT2D eigenvalue weighted by atomic mass is 9.73. The molecule has 2 aliphatic rings. The topological polar surface area (TPSA) is 33.5 Å². The normalized spacial score (nSPS) is 15.3. The second-order valence-electron chi connectivity index (χ2n) is 16.0. The fourth-order valence-electron chi connectivity index (χ4n) is 7.49. The van der Waals surface area contributed by atoms with Gasteiger partial charge in [-0.25, -0.2) is 4.98 Å². The SMILES string of the molecule is CN1CN(c2cc(Oc3ccc4c5cc(C(C)(C)C)cc6c5n(c4c3)-c3ncccc3C6(C)C)cc(C(C)(C)C)c2)c2ccccc21. The van der Waals surface area contributed by atoms with Crippen LogP contribution in [0.25, 0.3) is 27.6 Å². The van der Waals surface area contributed by atoms with Crippen molar-refractivity contribution in [1.29, 1.82) is 0 Å². The van der Waals surface area contributed by atoms with E-state index in [-0.39, 0.29) is 16.2 Å². The Morgan fingerprint density at radius 3 is 2.17 bits per heavy atom. The molecule has 0 N–H and O–H groups in total. The standard InChI is InChI=1S/C42H44N4O/c1-40(2,3)26-19-28(45-25-44(9)35-14-10-11-15-36(35)45)23-30(20-26)47-29-16-17-31-32-21-27(41(4,5)6)22-34-38(32)46(37(31)24-29)39-33(42(34,7)8)13-12-18-43-39/h10-24H,25H2,1-9H3. The van der Waals surface area contributed by atoms with E-state index in [1.54, 1.807) is 0 Å². The molecule has 0 aliphatic carbocycles. The maximum absolute atomic E-state index is 6.81. The fraction of sp³-hybridized carbons (Fsp3) is 0.310. The van der Waals surface area contributed by atoms with Crippen molar-refractivity contribution in [3.05, 3.63) is 113 Å². The van der Waals surface area contributed by atoms with E-state index in [4.69, 9.17) is 9.72 Å². The molecule has 0 unspecified atom stereocenters. The average molecular weight is 621 g/mol. The zero-order valence-corrected chi connectivity index (χ0v) is 29.1. The van der Waals surface area contributed by atoms with Crippen molar-refractivity contribution in [1.82, 2.24) is 9.55 Å². The number of aromatic nitrogens is 2. The number of fused-ring (bicyclic) bond motifs is 6. The van der Waals surface area contributed by atoms with Gasteiger partial charge in [-0.2, -0.15) is 0 Å². The van der Waals surface area contributed by atoms with E-state index in [1.165, 1.54) is 49.9 Å². The van der Waals surface area contributed by atoms with E-state index in [0.717, 1.165) is 35.2 Å². The molecule has 0 atom stereocenters. The Morgan fingerprint density at radius 2 is 1.43 bits per heavy atom. The van der Waals surface area contributed by atoms with Crippen molar-refractivity contribution in [2.24, 2.45) is 0 Å². The molecular formula is C42H44N4O. The van der Waals surface area contributed by atoms with Crippen LogP contribution < -0.4 is 14.5 Å². The van der Waals surface area contributed by atoms with E-state index in [2.05, 4.69) is 162 Å². The number of rotatable bonds is 3. The number of hydrogen-bond donors (Lipinski definition) is 0. The van der Waals surface area contributed by atoms with Crippen LogP contribution in [0.1, 0.15) is 77.6 Å². The van der Waals surface area contributed by atoms with Gasteiger partial charge in [-0.3, -0.25) is 4.57 Å². The number of nitrogens with zero attached hydrogens (tertiary/aromatic N) is 4. The Balaban J connectivity index is 1.30. The molecule has 0 saturated carbocycles. The zero-order chi connectivity index (χ0) is 33.0. The predicted octanol–water partition coefficient (Wildman–Crippen LogP) is 10.8. The molecule has 5 nitrogen and oxygen atoms in total. The van der Waals surface area contributed by atoms with Gasteiger partial charge in [0.2, 0.25) is 0 Å². The molecule has 0 radical (unpaired) electrons. The molecule has 0 fully saturated rings. The van der Waals surface area contributed by atoms with E-state index in [9.17, 15) is 0 Å². The summed E-state index contributed by atoms with van der Waals surface area (Å²) in [5.74, 6) is 2.65. The second kappa shape index (κ2) is 9.87. The van der Waals surface area contributed by atoms with Crippen molar-refractivity contribution in [2.45, 2.75) is 71.6 Å². The summed E-state index contributed by atoms with van der Waals surface area (Å²) in [4.78, 5) is 9.65. The Hall–Kier alpha value is -4.77. The summed E-state index contributed by atoms with van der Waals surface area (Å²) in [6.45, 7) is 19.2. The highest BCUT2D eigenvalue weighted by atomic mass is 16.5. The van der Waals surface area contributed by atoms with Gasteiger partial charge in [-0.15, -0.1) is 0 Å². The minimum Gasteiger partial charge on any atom is -0.457 e. The van der Waals surface area contributed by atoms with Crippen LogP contribution in [-0.2, 0) is 16.2 Å². The van der Waals surface area contributed by atoms with Gasteiger partial charge in [0.25, 0.3) is 0 Å². The lowest BCUT2D eigenvalue weighted by Crippen LogP contribution is -2.28. The average Bonchev–Trinajstić information content (AvgIpc) is 3.53. The zero-order valence-electron chi connectivity index (χ0n) is 29.1. The van der Waals surface area contributed by atoms with E-state index in [1.807, 2.05) is 6.20 Å². The Kier molecular flexibility index (Phi) is 6.22. The van der Waals surface area contributed by atoms with Crippen LogP contribution >= 0.6 is 0 Å². The van der Waals surface area contributed by atoms with Gasteiger partial charge in [-0.05, 0) is 76.1 Å². The second-order valence-corrected chi connectivity index (χ2v) is 16.0. The minimum absolute atomic E-state index is 0.0217. The molecule has 6 aromatic rings. The van der Waals surface area contributed by atoms with Crippen LogP contribution in [0.2, 0.25) is 0 Å². The third-order valence-corrected chi connectivity index (χ3v) is 10.3. The third-order valence-electron chi connectivity index (χ3n) is 10.3. The van der Waals surface area contributed by atoms with Crippen molar-refractivity contribution >= 4 is 38.9 Å². The summed E-state index contributed by atoms with van der Waals surface area (Å²) >= 11 is 0. The van der Waals surface area contributed by atoms with E-state index in [0.29, 0.717) is 0 Å². The largest absolute Gasteiger partial charge is 0.457 e. The summed E-state index contributed by atoms with van der Waals surface area (Å²) in [5.41, 5.74) is 10.9. The van der Waals surface area contributed by atoms with Gasteiger partial charge in [0, 0.05) is 52.8 Å². The molecule has 0 amide bonds. The highest BCUT2D eigenvalue weighted by Gasteiger charge is 2.37. The van der Waals surface area contributed by atoms with Gasteiger partial charge in [0.1, 0.15) is 17.3 Å². The first kappa shape index (κ1) is 29.6. The Morgan fingerprint density at radius 1 is 0.702 bits per heavy atom. The van der Waals surface area contributed by atoms with E-state index < -0.39 is 0 Å². The highest BCUT2D eigenvalue weighted by Crippen LogP contribution is 2.49. The van der Waals surface area contributed by atoms with Crippen LogP contribution in [0.3, 0.4) is 0 Å². The van der Waals surface area contributed by atoms with Gasteiger partial charge >= 0.3 is 0 Å². The number of anilines is 3. The number of hydrogen-bond acceptors (Lipinski definition) is 4.